The highest BCUT2D eigenvalue weighted by Gasteiger charge is 2.09. The van der Waals surface area contributed by atoms with Gasteiger partial charge in [0.15, 0.2) is 0 Å². The fourth-order valence-electron chi connectivity index (χ4n) is 1.26. The van der Waals surface area contributed by atoms with E-state index in [1.165, 1.54) is 12.3 Å². The summed E-state index contributed by atoms with van der Waals surface area (Å²) in [7, 11) is 0. The van der Waals surface area contributed by atoms with Crippen LogP contribution in [0, 0.1) is 5.82 Å². The van der Waals surface area contributed by atoms with Gasteiger partial charge < -0.3 is 9.73 Å². The van der Waals surface area contributed by atoms with Crippen molar-refractivity contribution in [3.63, 3.8) is 0 Å². The van der Waals surface area contributed by atoms with Crippen LogP contribution in [-0.4, -0.2) is 21.2 Å². The van der Waals surface area contributed by atoms with Crippen LogP contribution in [0.4, 0.5) is 4.39 Å². The van der Waals surface area contributed by atoms with Crippen molar-refractivity contribution in [2.45, 2.75) is 26.4 Å². The molecule has 0 saturated carbocycles. The Labute approximate surface area is 98.1 Å². The van der Waals surface area contributed by atoms with Gasteiger partial charge in [-0.15, -0.1) is 10.2 Å². The van der Waals surface area contributed by atoms with Crippen LogP contribution < -0.4 is 5.32 Å². The van der Waals surface area contributed by atoms with E-state index in [4.69, 9.17) is 4.42 Å². The zero-order valence-electron chi connectivity index (χ0n) is 9.64. The van der Waals surface area contributed by atoms with E-state index < -0.39 is 5.82 Å². The van der Waals surface area contributed by atoms with Crippen molar-refractivity contribution >= 4 is 0 Å². The van der Waals surface area contributed by atoms with Gasteiger partial charge in [0.1, 0.15) is 5.82 Å². The molecule has 0 aliphatic heterocycles. The molecule has 17 heavy (non-hydrogen) atoms. The van der Waals surface area contributed by atoms with E-state index in [-0.39, 0.29) is 5.89 Å². The van der Waals surface area contributed by atoms with Gasteiger partial charge in [-0.05, 0) is 6.07 Å². The van der Waals surface area contributed by atoms with Crippen molar-refractivity contribution in [1.82, 2.24) is 20.5 Å². The first-order valence-corrected chi connectivity index (χ1v) is 5.32. The summed E-state index contributed by atoms with van der Waals surface area (Å²) in [6.45, 7) is 4.54. The number of nitrogens with zero attached hydrogens (tertiary/aromatic N) is 3. The van der Waals surface area contributed by atoms with Crippen molar-refractivity contribution in [1.29, 1.82) is 0 Å². The van der Waals surface area contributed by atoms with Gasteiger partial charge in [-0.3, -0.25) is 4.98 Å². The molecular weight excluding hydrogens is 223 g/mol. The van der Waals surface area contributed by atoms with E-state index in [1.807, 2.05) is 13.8 Å². The maximum absolute atomic E-state index is 12.9. The fraction of sp³-hybridized carbons (Fsp3) is 0.364. The quantitative estimate of drug-likeness (QED) is 0.876. The van der Waals surface area contributed by atoms with Crippen LogP contribution in [-0.2, 0) is 6.54 Å². The minimum Gasteiger partial charge on any atom is -0.419 e. The zero-order valence-corrected chi connectivity index (χ0v) is 9.64. The van der Waals surface area contributed by atoms with Gasteiger partial charge in [-0.25, -0.2) is 4.39 Å². The van der Waals surface area contributed by atoms with Crippen LogP contribution >= 0.6 is 0 Å². The highest BCUT2D eigenvalue weighted by Crippen LogP contribution is 2.17. The SMILES string of the molecule is CC(C)NCc1nnc(-c2cncc(F)c2)o1. The highest BCUT2D eigenvalue weighted by molar-refractivity contribution is 5.50. The molecule has 0 radical (unpaired) electrons. The van der Waals surface area contributed by atoms with E-state index in [0.29, 0.717) is 24.0 Å². The lowest BCUT2D eigenvalue weighted by molar-refractivity contribution is 0.458. The molecule has 0 aliphatic carbocycles. The van der Waals surface area contributed by atoms with Crippen molar-refractivity contribution < 1.29 is 8.81 Å². The fourth-order valence-corrected chi connectivity index (χ4v) is 1.26. The number of nitrogens with one attached hydrogen (secondary N) is 1. The molecule has 0 aromatic carbocycles. The van der Waals surface area contributed by atoms with Crippen LogP contribution in [0.15, 0.2) is 22.9 Å². The molecule has 0 spiro atoms. The molecule has 2 aromatic heterocycles. The van der Waals surface area contributed by atoms with Gasteiger partial charge in [0, 0.05) is 12.2 Å². The topological polar surface area (TPSA) is 63.8 Å². The molecule has 0 atom stereocenters. The summed E-state index contributed by atoms with van der Waals surface area (Å²) >= 11 is 0. The van der Waals surface area contributed by atoms with Crippen LogP contribution in [0.1, 0.15) is 19.7 Å². The van der Waals surface area contributed by atoms with Crippen LogP contribution in [0.5, 0.6) is 0 Å². The predicted molar refractivity (Wildman–Crippen MR) is 59.5 cm³/mol. The van der Waals surface area contributed by atoms with Gasteiger partial charge in [0.25, 0.3) is 0 Å². The Hall–Kier alpha value is -1.82. The average Bonchev–Trinajstić information content (AvgIpc) is 2.75. The van der Waals surface area contributed by atoms with E-state index >= 15 is 0 Å². The number of rotatable bonds is 4. The maximum atomic E-state index is 12.9. The number of hydrogen-bond acceptors (Lipinski definition) is 5. The molecule has 0 unspecified atom stereocenters. The smallest absolute Gasteiger partial charge is 0.249 e. The van der Waals surface area contributed by atoms with E-state index in [1.54, 1.807) is 0 Å². The number of hydrogen-bond donors (Lipinski definition) is 1. The normalized spacial score (nSPS) is 11.1. The molecule has 0 bridgehead atoms. The lowest BCUT2D eigenvalue weighted by atomic mass is 10.3. The third-order valence-electron chi connectivity index (χ3n) is 2.08. The first-order chi connectivity index (χ1) is 8.15. The summed E-state index contributed by atoms with van der Waals surface area (Å²) in [6.07, 6.45) is 2.61. The molecule has 2 rings (SSSR count). The third kappa shape index (κ3) is 3.07. The number of pyridine rings is 1. The van der Waals surface area contributed by atoms with Gasteiger partial charge >= 0.3 is 0 Å². The van der Waals surface area contributed by atoms with Gasteiger partial charge in [0.2, 0.25) is 11.8 Å². The molecular formula is C11H13FN4O. The molecule has 0 aliphatic rings. The second-order valence-electron chi connectivity index (χ2n) is 3.93. The standard InChI is InChI=1S/C11H13FN4O/c1-7(2)14-6-10-15-16-11(17-10)8-3-9(12)5-13-4-8/h3-5,7,14H,6H2,1-2H3. The second kappa shape index (κ2) is 5.01. The largest absolute Gasteiger partial charge is 0.419 e. The first kappa shape index (κ1) is 11.7. The van der Waals surface area contributed by atoms with Crippen molar-refractivity contribution in [2.75, 3.05) is 0 Å². The van der Waals surface area contributed by atoms with E-state index in [0.717, 1.165) is 6.20 Å². The monoisotopic (exact) mass is 236 g/mol. The summed E-state index contributed by atoms with van der Waals surface area (Å²) in [5.41, 5.74) is 0.480. The van der Waals surface area contributed by atoms with Gasteiger partial charge in [0.05, 0.1) is 18.3 Å². The summed E-state index contributed by atoms with van der Waals surface area (Å²) in [6, 6.07) is 1.64. The summed E-state index contributed by atoms with van der Waals surface area (Å²) in [4.78, 5) is 3.73. The average molecular weight is 236 g/mol. The van der Waals surface area contributed by atoms with Crippen molar-refractivity contribution in [3.05, 3.63) is 30.2 Å². The molecule has 6 heteroatoms. The first-order valence-electron chi connectivity index (χ1n) is 5.32. The summed E-state index contributed by atoms with van der Waals surface area (Å²) in [5, 5.41) is 10.9. The Balaban J connectivity index is 2.12. The Kier molecular flexibility index (Phi) is 3.43. The lowest BCUT2D eigenvalue weighted by Gasteiger charge is -2.03. The predicted octanol–water partition coefficient (Wildman–Crippen LogP) is 1.77. The minimum atomic E-state index is -0.428. The molecule has 2 heterocycles. The van der Waals surface area contributed by atoms with Crippen molar-refractivity contribution in [2.24, 2.45) is 0 Å². The number of halogens is 1. The summed E-state index contributed by atoms with van der Waals surface area (Å²) < 4.78 is 18.3. The molecule has 90 valence electrons. The summed E-state index contributed by atoms with van der Waals surface area (Å²) in [5.74, 6) is 0.318. The van der Waals surface area contributed by atoms with E-state index in [9.17, 15) is 4.39 Å². The van der Waals surface area contributed by atoms with Gasteiger partial charge in [-0.1, -0.05) is 13.8 Å². The molecule has 5 nitrogen and oxygen atoms in total. The van der Waals surface area contributed by atoms with Crippen LogP contribution in [0.25, 0.3) is 11.5 Å². The Morgan fingerprint density at radius 1 is 1.35 bits per heavy atom. The minimum absolute atomic E-state index is 0.276. The molecule has 2 aromatic rings. The van der Waals surface area contributed by atoms with Gasteiger partial charge in [-0.2, -0.15) is 0 Å². The highest BCUT2D eigenvalue weighted by atomic mass is 19.1. The van der Waals surface area contributed by atoms with Crippen LogP contribution in [0.2, 0.25) is 0 Å². The Morgan fingerprint density at radius 2 is 2.18 bits per heavy atom. The Bertz CT molecular complexity index is 498. The molecule has 0 amide bonds. The maximum Gasteiger partial charge on any atom is 0.249 e. The number of aromatic nitrogens is 3. The van der Waals surface area contributed by atoms with Crippen LogP contribution in [0.3, 0.4) is 0 Å². The zero-order chi connectivity index (χ0) is 12.3. The van der Waals surface area contributed by atoms with E-state index in [2.05, 4.69) is 20.5 Å². The molecule has 1 N–H and O–H groups in total. The molecule has 0 saturated heterocycles. The third-order valence-corrected chi connectivity index (χ3v) is 2.08. The molecule has 0 fully saturated rings. The van der Waals surface area contributed by atoms with Crippen molar-refractivity contribution in [3.8, 4) is 11.5 Å². The lowest BCUT2D eigenvalue weighted by Crippen LogP contribution is -2.21. The Morgan fingerprint density at radius 3 is 2.88 bits per heavy atom. The second-order valence-corrected chi connectivity index (χ2v) is 3.93.